The lowest BCUT2D eigenvalue weighted by atomic mass is 10.0. The number of hydrogen-bond donors (Lipinski definition) is 1. The van der Waals surface area contributed by atoms with Gasteiger partial charge in [0.05, 0.1) is 19.2 Å². The van der Waals surface area contributed by atoms with Crippen LogP contribution in [0.15, 0.2) is 0 Å². The molecule has 6 heteroatoms. The number of nitrogens with zero attached hydrogens (tertiary/aromatic N) is 1. The summed E-state index contributed by atoms with van der Waals surface area (Å²) in [5.74, 6) is 0.874. The maximum Gasteiger partial charge on any atom is 0.318 e. The summed E-state index contributed by atoms with van der Waals surface area (Å²) in [6, 6.07) is 0.723. The molecule has 3 atom stereocenters. The van der Waals surface area contributed by atoms with Crippen molar-refractivity contribution in [2.45, 2.75) is 49.9 Å². The van der Waals surface area contributed by atoms with Crippen LogP contribution in [0.2, 0.25) is 0 Å². The number of rotatable bonds is 6. The monoisotopic (exact) mass is 286 g/mol. The van der Waals surface area contributed by atoms with E-state index in [0.717, 1.165) is 31.6 Å². The third-order valence-electron chi connectivity index (χ3n) is 3.90. The number of methoxy groups -OCH3 is 1. The number of likely N-dealkylation sites (N-methyl/N-ethyl adjacent to an activating group) is 1. The molecule has 0 aromatic carbocycles. The van der Waals surface area contributed by atoms with Gasteiger partial charge < -0.3 is 15.0 Å². The van der Waals surface area contributed by atoms with Crippen LogP contribution in [0.25, 0.3) is 0 Å². The summed E-state index contributed by atoms with van der Waals surface area (Å²) in [7, 11) is 1.43. The molecule has 2 aliphatic rings. The number of carbonyl (C=O) groups is 2. The maximum atomic E-state index is 11.8. The Hall–Kier alpha value is -0.910. The molecule has 1 N–H and O–H groups in total. The van der Waals surface area contributed by atoms with Gasteiger partial charge in [-0.25, -0.2) is 4.79 Å². The van der Waals surface area contributed by atoms with Crippen LogP contribution >= 0.6 is 11.8 Å². The Labute approximate surface area is 118 Å². The van der Waals surface area contributed by atoms with Crippen molar-refractivity contribution in [2.24, 2.45) is 0 Å². The first-order valence-electron chi connectivity index (χ1n) is 6.93. The molecular formula is C13H22N2O3S. The van der Waals surface area contributed by atoms with Crippen molar-refractivity contribution < 1.29 is 14.3 Å². The highest BCUT2D eigenvalue weighted by atomic mass is 32.2. The molecule has 0 aromatic rings. The van der Waals surface area contributed by atoms with E-state index in [9.17, 15) is 9.59 Å². The molecule has 0 spiro atoms. The van der Waals surface area contributed by atoms with E-state index in [4.69, 9.17) is 0 Å². The Morgan fingerprint density at radius 1 is 1.53 bits per heavy atom. The minimum absolute atomic E-state index is 0.0809. The quantitative estimate of drug-likeness (QED) is 0.458. The lowest BCUT2D eigenvalue weighted by Crippen LogP contribution is -2.40. The van der Waals surface area contributed by atoms with Crippen molar-refractivity contribution in [3.05, 3.63) is 0 Å². The van der Waals surface area contributed by atoms with Gasteiger partial charge in [-0.1, -0.05) is 6.42 Å². The first-order chi connectivity index (χ1) is 9.17. The molecule has 2 saturated heterocycles. The van der Waals surface area contributed by atoms with Crippen molar-refractivity contribution >= 4 is 23.8 Å². The van der Waals surface area contributed by atoms with Gasteiger partial charge in [0.2, 0.25) is 0 Å². The largest absolute Gasteiger partial charge is 0.469 e. The first kappa shape index (κ1) is 14.5. The van der Waals surface area contributed by atoms with Crippen LogP contribution in [-0.2, 0) is 9.53 Å². The predicted molar refractivity (Wildman–Crippen MR) is 75.2 cm³/mol. The van der Waals surface area contributed by atoms with E-state index in [1.165, 1.54) is 7.11 Å². The van der Waals surface area contributed by atoms with Gasteiger partial charge in [-0.3, -0.25) is 4.79 Å². The van der Waals surface area contributed by atoms with E-state index in [2.05, 4.69) is 10.1 Å². The number of urea groups is 1. The molecule has 5 nitrogen and oxygen atoms in total. The number of esters is 1. The van der Waals surface area contributed by atoms with Crippen molar-refractivity contribution in [1.82, 2.24) is 10.2 Å². The van der Waals surface area contributed by atoms with E-state index < -0.39 is 0 Å². The van der Waals surface area contributed by atoms with E-state index >= 15 is 0 Å². The molecule has 0 aromatic heterocycles. The zero-order chi connectivity index (χ0) is 13.8. The second-order valence-corrected chi connectivity index (χ2v) is 6.30. The van der Waals surface area contributed by atoms with Gasteiger partial charge in [0.25, 0.3) is 0 Å². The van der Waals surface area contributed by atoms with Crippen molar-refractivity contribution in [3.63, 3.8) is 0 Å². The molecule has 2 aliphatic heterocycles. The molecule has 2 heterocycles. The Bertz CT molecular complexity index is 351. The second-order valence-electron chi connectivity index (χ2n) is 5.03. The first-order valence-corrected chi connectivity index (χ1v) is 7.97. The lowest BCUT2D eigenvalue weighted by molar-refractivity contribution is -0.140. The molecule has 2 fully saturated rings. The normalized spacial score (nSPS) is 29.3. The Balaban J connectivity index is 1.78. The summed E-state index contributed by atoms with van der Waals surface area (Å²) >= 11 is 1.95. The number of unbranched alkanes of at least 4 members (excludes halogenated alkanes) is 1. The van der Waals surface area contributed by atoms with Gasteiger partial charge >= 0.3 is 12.0 Å². The Morgan fingerprint density at radius 2 is 2.32 bits per heavy atom. The minimum Gasteiger partial charge on any atom is -0.469 e. The van der Waals surface area contributed by atoms with Gasteiger partial charge in [-0.15, -0.1) is 0 Å². The summed E-state index contributed by atoms with van der Waals surface area (Å²) in [5.41, 5.74) is 0. The van der Waals surface area contributed by atoms with Crippen LogP contribution in [0, 0.1) is 0 Å². The van der Waals surface area contributed by atoms with Crippen LogP contribution in [0.4, 0.5) is 4.79 Å². The predicted octanol–water partition coefficient (Wildman–Crippen LogP) is 1.62. The molecule has 19 heavy (non-hydrogen) atoms. The Morgan fingerprint density at radius 3 is 3.00 bits per heavy atom. The summed E-state index contributed by atoms with van der Waals surface area (Å²) < 4.78 is 4.63. The highest BCUT2D eigenvalue weighted by Gasteiger charge is 2.47. The van der Waals surface area contributed by atoms with Gasteiger partial charge in [0.15, 0.2) is 0 Å². The van der Waals surface area contributed by atoms with Crippen LogP contribution in [-0.4, -0.2) is 53.6 Å². The molecular weight excluding hydrogens is 264 g/mol. The SMILES string of the molecule is CCN1C(=O)N[C@H]2CS[C@@H](CCCCC(=O)OC)[C@H]21. The average molecular weight is 286 g/mol. The number of fused-ring (bicyclic) bond motifs is 1. The number of hydrogen-bond acceptors (Lipinski definition) is 4. The maximum absolute atomic E-state index is 11.8. The number of thioether (sulfide) groups is 1. The van der Waals surface area contributed by atoms with Crippen molar-refractivity contribution in [2.75, 3.05) is 19.4 Å². The van der Waals surface area contributed by atoms with Crippen LogP contribution < -0.4 is 5.32 Å². The molecule has 0 saturated carbocycles. The van der Waals surface area contributed by atoms with Crippen LogP contribution in [0.5, 0.6) is 0 Å². The fourth-order valence-corrected chi connectivity index (χ4v) is 4.53. The number of ether oxygens (including phenoxy) is 1. The molecule has 0 unspecified atom stereocenters. The second kappa shape index (κ2) is 6.50. The topological polar surface area (TPSA) is 58.6 Å². The molecule has 0 bridgehead atoms. The standard InChI is InChI=1S/C13H22N2O3S/c1-3-15-12-9(14-13(15)17)8-19-10(12)6-4-5-7-11(16)18-2/h9-10,12H,3-8H2,1-2H3,(H,14,17)/t9-,10-,12-/m0/s1. The summed E-state index contributed by atoms with van der Waals surface area (Å²) in [6.45, 7) is 2.80. The molecule has 108 valence electrons. The van der Waals surface area contributed by atoms with Gasteiger partial charge in [0.1, 0.15) is 0 Å². The minimum atomic E-state index is -0.134. The number of amides is 2. The fourth-order valence-electron chi connectivity index (χ4n) is 2.93. The third-order valence-corrected chi connectivity index (χ3v) is 5.39. The van der Waals surface area contributed by atoms with Crippen LogP contribution in [0.1, 0.15) is 32.6 Å². The lowest BCUT2D eigenvalue weighted by Gasteiger charge is -2.26. The van der Waals surface area contributed by atoms with Gasteiger partial charge in [-0.05, 0) is 19.8 Å². The molecule has 0 aliphatic carbocycles. The summed E-state index contributed by atoms with van der Waals surface area (Å²) in [5, 5.41) is 3.56. The van der Waals surface area contributed by atoms with E-state index in [1.54, 1.807) is 0 Å². The van der Waals surface area contributed by atoms with Crippen LogP contribution in [0.3, 0.4) is 0 Å². The highest BCUT2D eigenvalue weighted by molar-refractivity contribution is 8.00. The van der Waals surface area contributed by atoms with E-state index in [0.29, 0.717) is 23.8 Å². The van der Waals surface area contributed by atoms with E-state index in [1.807, 2.05) is 23.6 Å². The number of carbonyl (C=O) groups excluding carboxylic acids is 2. The smallest absolute Gasteiger partial charge is 0.318 e. The van der Waals surface area contributed by atoms with Gasteiger partial charge in [-0.2, -0.15) is 11.8 Å². The molecule has 2 rings (SSSR count). The fraction of sp³-hybridized carbons (Fsp3) is 0.846. The zero-order valence-electron chi connectivity index (χ0n) is 11.6. The van der Waals surface area contributed by atoms with Gasteiger partial charge in [0, 0.05) is 24.0 Å². The van der Waals surface area contributed by atoms with Crippen molar-refractivity contribution in [3.8, 4) is 0 Å². The van der Waals surface area contributed by atoms with Crippen molar-refractivity contribution in [1.29, 1.82) is 0 Å². The molecule has 0 radical (unpaired) electrons. The summed E-state index contributed by atoms with van der Waals surface area (Å²) in [6.07, 6.45) is 3.45. The number of nitrogens with one attached hydrogen (secondary N) is 1. The molecule has 2 amide bonds. The Kier molecular flexibility index (Phi) is 4.96. The van der Waals surface area contributed by atoms with E-state index in [-0.39, 0.29) is 12.0 Å². The highest BCUT2D eigenvalue weighted by Crippen LogP contribution is 2.37. The summed E-state index contributed by atoms with van der Waals surface area (Å²) in [4.78, 5) is 24.8. The third kappa shape index (κ3) is 3.16. The zero-order valence-corrected chi connectivity index (χ0v) is 12.4. The average Bonchev–Trinajstić information content (AvgIpc) is 2.92.